The predicted octanol–water partition coefficient (Wildman–Crippen LogP) is 5.23. The fourth-order valence-corrected chi connectivity index (χ4v) is 4.58. The maximum Gasteiger partial charge on any atom is 0.279 e. The van der Waals surface area contributed by atoms with E-state index < -0.39 is 6.04 Å². The number of aromatic nitrogens is 3. The van der Waals surface area contributed by atoms with Gasteiger partial charge in [-0.25, -0.2) is 0 Å². The third-order valence-electron chi connectivity index (χ3n) is 5.27. The molecule has 0 saturated carbocycles. The molecule has 0 aliphatic heterocycles. The lowest BCUT2D eigenvalue weighted by Gasteiger charge is -2.18. The molecule has 0 bridgehead atoms. The Balaban J connectivity index is 1.69. The number of nitrogens with zero attached hydrogens (tertiary/aromatic N) is 3. The van der Waals surface area contributed by atoms with E-state index in [4.69, 9.17) is 0 Å². The molecule has 7 heteroatoms. The van der Waals surface area contributed by atoms with Crippen LogP contribution < -0.4 is 10.9 Å². The zero-order valence-corrected chi connectivity index (χ0v) is 18.5. The highest BCUT2D eigenvalue weighted by Crippen LogP contribution is 2.30. The summed E-state index contributed by atoms with van der Waals surface area (Å²) in [5.74, 6) is -0.0116. The van der Waals surface area contributed by atoms with E-state index in [1.807, 2.05) is 67.6 Å². The van der Waals surface area contributed by atoms with Crippen molar-refractivity contribution in [3.63, 3.8) is 0 Å². The highest BCUT2D eigenvalue weighted by molar-refractivity contribution is 7.21. The number of fused-ring (bicyclic) bond motifs is 1. The van der Waals surface area contributed by atoms with E-state index in [2.05, 4.69) is 29.5 Å². The summed E-state index contributed by atoms with van der Waals surface area (Å²) in [6.07, 6.45) is 0.422. The van der Waals surface area contributed by atoms with Crippen molar-refractivity contribution in [3.05, 3.63) is 76.6 Å². The molecule has 4 aromatic rings. The van der Waals surface area contributed by atoms with Gasteiger partial charge in [-0.2, -0.15) is 4.68 Å². The number of anilines is 1. The van der Waals surface area contributed by atoms with Crippen LogP contribution in [0.15, 0.2) is 65.5 Å². The van der Waals surface area contributed by atoms with Crippen molar-refractivity contribution in [1.29, 1.82) is 0 Å². The van der Waals surface area contributed by atoms with E-state index >= 15 is 0 Å². The molecule has 6 nitrogen and oxygen atoms in total. The second-order valence-electron chi connectivity index (χ2n) is 7.69. The van der Waals surface area contributed by atoms with Gasteiger partial charge in [0.1, 0.15) is 6.04 Å². The van der Waals surface area contributed by atoms with Gasteiger partial charge in [0.2, 0.25) is 5.91 Å². The molecule has 31 heavy (non-hydrogen) atoms. The molecular weight excluding hydrogens is 408 g/mol. The predicted molar refractivity (Wildman–Crippen MR) is 126 cm³/mol. The first-order valence-electron chi connectivity index (χ1n) is 10.3. The number of nitrogens with one attached hydrogen (secondary N) is 1. The summed E-state index contributed by atoms with van der Waals surface area (Å²) < 4.78 is 1.21. The first-order chi connectivity index (χ1) is 15.0. The number of rotatable bonds is 6. The normalized spacial score (nSPS) is 12.3. The first kappa shape index (κ1) is 20.9. The van der Waals surface area contributed by atoms with E-state index in [-0.39, 0.29) is 17.4 Å². The van der Waals surface area contributed by atoms with E-state index in [1.54, 1.807) is 0 Å². The number of para-hydroxylation sites is 1. The van der Waals surface area contributed by atoms with E-state index in [1.165, 1.54) is 16.0 Å². The van der Waals surface area contributed by atoms with Crippen LogP contribution in [0, 0.1) is 0 Å². The summed E-state index contributed by atoms with van der Waals surface area (Å²) in [6.45, 7) is 6.01. The minimum Gasteiger partial charge on any atom is -0.324 e. The van der Waals surface area contributed by atoms with Crippen LogP contribution in [-0.2, 0) is 4.79 Å². The molecule has 4 rings (SSSR count). The Hall–Kier alpha value is -3.32. The number of carbonyl (C=O) groups excluding carboxylic acids is 1. The zero-order chi connectivity index (χ0) is 22.0. The number of thiophene rings is 1. The zero-order valence-electron chi connectivity index (χ0n) is 17.7. The Morgan fingerprint density at radius 2 is 1.81 bits per heavy atom. The maximum atomic E-state index is 13.2. The van der Waals surface area contributed by atoms with Crippen molar-refractivity contribution in [2.75, 3.05) is 5.32 Å². The van der Waals surface area contributed by atoms with Crippen LogP contribution in [0.5, 0.6) is 0 Å². The fourth-order valence-electron chi connectivity index (χ4n) is 3.61. The monoisotopic (exact) mass is 432 g/mol. The fraction of sp³-hybridized carbons (Fsp3) is 0.250. The molecule has 1 amide bonds. The first-order valence-corrected chi connectivity index (χ1v) is 11.2. The lowest BCUT2D eigenvalue weighted by atomic mass is 10.0. The molecule has 1 unspecified atom stereocenters. The van der Waals surface area contributed by atoms with Gasteiger partial charge in [0, 0.05) is 10.6 Å². The second-order valence-corrected chi connectivity index (χ2v) is 8.72. The molecule has 0 radical (unpaired) electrons. The average Bonchev–Trinajstić information content (AvgIpc) is 3.22. The molecule has 0 saturated heterocycles. The number of hydrogen-bond acceptors (Lipinski definition) is 5. The van der Waals surface area contributed by atoms with Gasteiger partial charge in [-0.3, -0.25) is 9.59 Å². The van der Waals surface area contributed by atoms with Gasteiger partial charge >= 0.3 is 0 Å². The topological polar surface area (TPSA) is 76.9 Å². The third-order valence-corrected chi connectivity index (χ3v) is 6.33. The molecular formula is C24H24N4O2S. The molecule has 0 aliphatic rings. The van der Waals surface area contributed by atoms with Crippen LogP contribution in [0.1, 0.15) is 44.7 Å². The standard InChI is InChI=1S/C24H24N4O2S/c1-4-20(22(29)25-19-13-9-8-12-17(19)15(2)3)28-24(30)18-14-21(31-23(18)26-27-28)16-10-6-5-7-11-16/h5-15,20H,4H2,1-3H3,(H,25,29). The SMILES string of the molecule is CCC(C(=O)Nc1ccccc1C(C)C)n1nnc2sc(-c3ccccc3)cc2c1=O. The lowest BCUT2D eigenvalue weighted by Crippen LogP contribution is -2.35. The number of amides is 1. The highest BCUT2D eigenvalue weighted by atomic mass is 32.1. The van der Waals surface area contributed by atoms with Crippen molar-refractivity contribution >= 4 is 33.1 Å². The van der Waals surface area contributed by atoms with Crippen LogP contribution in [0.25, 0.3) is 20.7 Å². The second kappa shape index (κ2) is 8.81. The van der Waals surface area contributed by atoms with Gasteiger partial charge in [-0.15, -0.1) is 16.4 Å². The Morgan fingerprint density at radius 1 is 1.10 bits per heavy atom. The quantitative estimate of drug-likeness (QED) is 0.452. The molecule has 1 atom stereocenters. The molecule has 158 valence electrons. The Labute approximate surface area is 184 Å². The highest BCUT2D eigenvalue weighted by Gasteiger charge is 2.24. The van der Waals surface area contributed by atoms with Crippen LogP contribution in [0.2, 0.25) is 0 Å². The van der Waals surface area contributed by atoms with Gasteiger partial charge < -0.3 is 5.32 Å². The molecule has 2 aromatic carbocycles. The van der Waals surface area contributed by atoms with Crippen molar-refractivity contribution in [2.45, 2.75) is 39.2 Å². The number of hydrogen-bond donors (Lipinski definition) is 1. The minimum absolute atomic E-state index is 0.262. The van der Waals surface area contributed by atoms with Crippen LogP contribution in [0.3, 0.4) is 0 Å². The van der Waals surface area contributed by atoms with E-state index in [0.717, 1.165) is 21.7 Å². The van der Waals surface area contributed by atoms with Crippen LogP contribution in [0.4, 0.5) is 5.69 Å². The Bertz CT molecular complexity index is 1280. The van der Waals surface area contributed by atoms with E-state index in [9.17, 15) is 9.59 Å². The van der Waals surface area contributed by atoms with Gasteiger partial charge in [0.05, 0.1) is 5.39 Å². The van der Waals surface area contributed by atoms with Crippen LogP contribution in [-0.4, -0.2) is 20.9 Å². The molecule has 0 spiro atoms. The van der Waals surface area contributed by atoms with Crippen molar-refractivity contribution in [2.24, 2.45) is 0 Å². The lowest BCUT2D eigenvalue weighted by molar-refractivity contribution is -0.119. The number of carbonyl (C=O) groups is 1. The molecule has 1 N–H and O–H groups in total. The average molecular weight is 433 g/mol. The summed E-state index contributed by atoms with van der Waals surface area (Å²) in [6, 6.07) is 18.6. The van der Waals surface area contributed by atoms with Gasteiger partial charge in [-0.1, -0.05) is 74.5 Å². The van der Waals surface area contributed by atoms with Gasteiger partial charge in [-0.05, 0) is 35.6 Å². The van der Waals surface area contributed by atoms with Crippen molar-refractivity contribution in [1.82, 2.24) is 15.0 Å². The van der Waals surface area contributed by atoms with Gasteiger partial charge in [0.15, 0.2) is 4.83 Å². The summed E-state index contributed by atoms with van der Waals surface area (Å²) in [7, 11) is 0. The van der Waals surface area contributed by atoms with Crippen LogP contribution >= 0.6 is 11.3 Å². The molecule has 2 heterocycles. The Morgan fingerprint density at radius 3 is 2.52 bits per heavy atom. The summed E-state index contributed by atoms with van der Waals surface area (Å²) in [5, 5.41) is 11.8. The molecule has 0 fully saturated rings. The molecule has 2 aromatic heterocycles. The maximum absolute atomic E-state index is 13.2. The summed E-state index contributed by atoms with van der Waals surface area (Å²) >= 11 is 1.42. The largest absolute Gasteiger partial charge is 0.324 e. The number of benzene rings is 2. The summed E-state index contributed by atoms with van der Waals surface area (Å²) in [5.41, 5.74) is 2.52. The summed E-state index contributed by atoms with van der Waals surface area (Å²) in [4.78, 5) is 27.8. The van der Waals surface area contributed by atoms with Crippen molar-refractivity contribution in [3.8, 4) is 10.4 Å². The van der Waals surface area contributed by atoms with E-state index in [0.29, 0.717) is 16.6 Å². The van der Waals surface area contributed by atoms with Crippen molar-refractivity contribution < 1.29 is 4.79 Å². The third kappa shape index (κ3) is 4.14. The molecule has 0 aliphatic carbocycles. The van der Waals surface area contributed by atoms with Gasteiger partial charge in [0.25, 0.3) is 5.56 Å². The smallest absolute Gasteiger partial charge is 0.279 e. The minimum atomic E-state index is -0.746. The Kier molecular flexibility index (Phi) is 5.95.